The first kappa shape index (κ1) is 14.6. The van der Waals surface area contributed by atoms with E-state index >= 15 is 0 Å². The van der Waals surface area contributed by atoms with Gasteiger partial charge in [-0.25, -0.2) is 0 Å². The number of hydrogen-bond acceptors (Lipinski definition) is 5. The molecule has 5 heteroatoms. The molecule has 4 nitrogen and oxygen atoms in total. The van der Waals surface area contributed by atoms with Crippen molar-refractivity contribution in [3.8, 4) is 0 Å². The van der Waals surface area contributed by atoms with Gasteiger partial charge in [0.15, 0.2) is 0 Å². The highest BCUT2D eigenvalue weighted by Gasteiger charge is 2.12. The molecule has 0 aliphatic carbocycles. The van der Waals surface area contributed by atoms with Crippen molar-refractivity contribution < 1.29 is 9.84 Å². The zero-order valence-corrected chi connectivity index (χ0v) is 11.1. The lowest BCUT2D eigenvalue weighted by Gasteiger charge is -2.19. The molecule has 0 amide bonds. The van der Waals surface area contributed by atoms with Gasteiger partial charge in [0.25, 0.3) is 0 Å². The number of hydrogen-bond donors (Lipinski definition) is 3. The van der Waals surface area contributed by atoms with Crippen LogP contribution >= 0.6 is 11.3 Å². The van der Waals surface area contributed by atoms with Crippen molar-refractivity contribution in [3.05, 3.63) is 22.4 Å². The molecule has 0 aliphatic rings. The molecule has 17 heavy (non-hydrogen) atoms. The van der Waals surface area contributed by atoms with E-state index in [-0.39, 0.29) is 6.04 Å². The minimum atomic E-state index is -0.446. The van der Waals surface area contributed by atoms with Crippen LogP contribution in [0.5, 0.6) is 0 Å². The lowest BCUT2D eigenvalue weighted by atomic mass is 10.1. The van der Waals surface area contributed by atoms with Crippen molar-refractivity contribution in [1.82, 2.24) is 5.32 Å². The summed E-state index contributed by atoms with van der Waals surface area (Å²) in [5, 5.41) is 17.2. The molecule has 4 N–H and O–H groups in total. The van der Waals surface area contributed by atoms with Gasteiger partial charge in [0.2, 0.25) is 0 Å². The van der Waals surface area contributed by atoms with Crippen molar-refractivity contribution >= 4 is 11.3 Å². The second-order valence-corrected chi connectivity index (χ2v) is 4.84. The Morgan fingerprint density at radius 3 is 3.00 bits per heavy atom. The van der Waals surface area contributed by atoms with Gasteiger partial charge in [0.05, 0.1) is 12.7 Å². The summed E-state index contributed by atoms with van der Waals surface area (Å²) in [5.74, 6) is 0. The Balaban J connectivity index is 2.30. The number of aliphatic hydroxyl groups is 1. The molecule has 2 atom stereocenters. The molecule has 98 valence electrons. The SMILES string of the molecule is COCC(CCCN)NCC(O)c1ccsc1. The molecule has 0 aromatic carbocycles. The summed E-state index contributed by atoms with van der Waals surface area (Å²) >= 11 is 1.60. The van der Waals surface area contributed by atoms with E-state index in [2.05, 4.69) is 5.32 Å². The predicted octanol–water partition coefficient (Wildman–Crippen LogP) is 1.13. The third-order valence-corrected chi connectivity index (χ3v) is 3.35. The zero-order chi connectivity index (χ0) is 12.5. The molecule has 0 aliphatic heterocycles. The highest BCUT2D eigenvalue weighted by molar-refractivity contribution is 7.07. The molecule has 0 saturated heterocycles. The maximum atomic E-state index is 9.93. The third-order valence-electron chi connectivity index (χ3n) is 2.65. The highest BCUT2D eigenvalue weighted by atomic mass is 32.1. The van der Waals surface area contributed by atoms with Crippen LogP contribution in [0.2, 0.25) is 0 Å². The van der Waals surface area contributed by atoms with Crippen LogP contribution in [0.4, 0.5) is 0 Å². The lowest BCUT2D eigenvalue weighted by molar-refractivity contribution is 0.135. The van der Waals surface area contributed by atoms with Crippen LogP contribution in [0.3, 0.4) is 0 Å². The average molecular weight is 258 g/mol. The average Bonchev–Trinajstić information content (AvgIpc) is 2.86. The summed E-state index contributed by atoms with van der Waals surface area (Å²) in [6.45, 7) is 1.89. The van der Waals surface area contributed by atoms with Gasteiger partial charge in [-0.15, -0.1) is 0 Å². The number of rotatable bonds is 9. The minimum absolute atomic E-state index is 0.261. The van der Waals surface area contributed by atoms with Gasteiger partial charge < -0.3 is 20.9 Å². The van der Waals surface area contributed by atoms with Crippen molar-refractivity contribution in [2.75, 3.05) is 26.8 Å². The molecule has 0 fully saturated rings. The second-order valence-electron chi connectivity index (χ2n) is 4.06. The molecule has 1 aromatic rings. The summed E-state index contributed by atoms with van der Waals surface area (Å²) in [6, 6.07) is 2.21. The van der Waals surface area contributed by atoms with Crippen molar-refractivity contribution in [2.45, 2.75) is 25.0 Å². The van der Waals surface area contributed by atoms with E-state index in [0.717, 1.165) is 18.4 Å². The molecule has 0 saturated carbocycles. The van der Waals surface area contributed by atoms with Crippen LogP contribution in [0.15, 0.2) is 16.8 Å². The Labute approximate surface area is 107 Å². The highest BCUT2D eigenvalue weighted by Crippen LogP contribution is 2.15. The van der Waals surface area contributed by atoms with Gasteiger partial charge in [-0.2, -0.15) is 11.3 Å². The fourth-order valence-corrected chi connectivity index (χ4v) is 2.38. The largest absolute Gasteiger partial charge is 0.387 e. The van der Waals surface area contributed by atoms with E-state index in [4.69, 9.17) is 10.5 Å². The minimum Gasteiger partial charge on any atom is -0.387 e. The quantitative estimate of drug-likeness (QED) is 0.621. The Hall–Kier alpha value is -0.460. The van der Waals surface area contributed by atoms with Crippen LogP contribution in [0, 0.1) is 0 Å². The predicted molar refractivity (Wildman–Crippen MR) is 71.2 cm³/mol. The number of nitrogens with one attached hydrogen (secondary N) is 1. The second kappa shape index (κ2) is 8.60. The fourth-order valence-electron chi connectivity index (χ4n) is 1.67. The zero-order valence-electron chi connectivity index (χ0n) is 10.3. The lowest BCUT2D eigenvalue weighted by Crippen LogP contribution is -2.36. The van der Waals surface area contributed by atoms with E-state index < -0.39 is 6.10 Å². The Morgan fingerprint density at radius 1 is 1.59 bits per heavy atom. The Morgan fingerprint density at radius 2 is 2.41 bits per heavy atom. The van der Waals surface area contributed by atoms with Gasteiger partial charge in [0.1, 0.15) is 0 Å². The van der Waals surface area contributed by atoms with Gasteiger partial charge in [-0.05, 0) is 41.8 Å². The summed E-state index contributed by atoms with van der Waals surface area (Å²) in [6.07, 6.45) is 1.49. The summed E-state index contributed by atoms with van der Waals surface area (Å²) in [4.78, 5) is 0. The number of aliphatic hydroxyl groups excluding tert-OH is 1. The number of thiophene rings is 1. The van der Waals surface area contributed by atoms with Crippen molar-refractivity contribution in [1.29, 1.82) is 0 Å². The molecular weight excluding hydrogens is 236 g/mol. The third kappa shape index (κ3) is 5.61. The van der Waals surface area contributed by atoms with E-state index in [9.17, 15) is 5.11 Å². The molecule has 1 rings (SSSR count). The monoisotopic (exact) mass is 258 g/mol. The molecule has 0 bridgehead atoms. The van der Waals surface area contributed by atoms with Gasteiger partial charge in [-0.3, -0.25) is 0 Å². The van der Waals surface area contributed by atoms with E-state index in [1.54, 1.807) is 18.4 Å². The van der Waals surface area contributed by atoms with Crippen LogP contribution in [0.25, 0.3) is 0 Å². The summed E-state index contributed by atoms with van der Waals surface area (Å²) in [5.41, 5.74) is 6.46. The standard InChI is InChI=1S/C12H22N2O2S/c1-16-8-11(3-2-5-13)14-7-12(15)10-4-6-17-9-10/h4,6,9,11-12,14-15H,2-3,5,7-8,13H2,1H3. The normalized spacial score (nSPS) is 14.8. The smallest absolute Gasteiger partial charge is 0.0922 e. The first-order valence-electron chi connectivity index (χ1n) is 5.90. The number of nitrogens with two attached hydrogens (primary N) is 1. The number of methoxy groups -OCH3 is 1. The van der Waals surface area contributed by atoms with Crippen LogP contribution in [-0.4, -0.2) is 38.0 Å². The van der Waals surface area contributed by atoms with Crippen LogP contribution < -0.4 is 11.1 Å². The first-order chi connectivity index (χ1) is 8.27. The van der Waals surface area contributed by atoms with E-state index in [0.29, 0.717) is 19.7 Å². The molecule has 1 heterocycles. The van der Waals surface area contributed by atoms with Gasteiger partial charge in [0, 0.05) is 19.7 Å². The van der Waals surface area contributed by atoms with Crippen molar-refractivity contribution in [2.24, 2.45) is 5.73 Å². The van der Waals surface area contributed by atoms with Gasteiger partial charge in [-0.1, -0.05) is 0 Å². The topological polar surface area (TPSA) is 67.5 Å². The maximum absolute atomic E-state index is 9.93. The van der Waals surface area contributed by atoms with Gasteiger partial charge >= 0.3 is 0 Å². The van der Waals surface area contributed by atoms with E-state index in [1.807, 2.05) is 16.8 Å². The van der Waals surface area contributed by atoms with E-state index in [1.165, 1.54) is 0 Å². The fraction of sp³-hybridized carbons (Fsp3) is 0.667. The maximum Gasteiger partial charge on any atom is 0.0922 e. The van der Waals surface area contributed by atoms with Crippen LogP contribution in [0.1, 0.15) is 24.5 Å². The summed E-state index contributed by atoms with van der Waals surface area (Å²) in [7, 11) is 1.69. The molecule has 0 spiro atoms. The molecule has 1 aromatic heterocycles. The molecular formula is C12H22N2O2S. The Bertz CT molecular complexity index is 280. The first-order valence-corrected chi connectivity index (χ1v) is 6.84. The molecule has 0 radical (unpaired) electrons. The Kier molecular flexibility index (Phi) is 7.39. The van der Waals surface area contributed by atoms with Crippen molar-refractivity contribution in [3.63, 3.8) is 0 Å². The number of ether oxygens (including phenoxy) is 1. The van der Waals surface area contributed by atoms with Crippen LogP contribution in [-0.2, 0) is 4.74 Å². The summed E-state index contributed by atoms with van der Waals surface area (Å²) < 4.78 is 5.14. The molecule has 2 unspecified atom stereocenters.